The van der Waals surface area contributed by atoms with Gasteiger partial charge < -0.3 is 15.0 Å². The molecule has 0 aliphatic rings. The summed E-state index contributed by atoms with van der Waals surface area (Å²) in [4.78, 5) is 38.9. The number of hydrogen-bond acceptors (Lipinski definition) is 5. The molecular weight excluding hydrogens is 463 g/mol. The Morgan fingerprint density at radius 1 is 1.06 bits per heavy atom. The zero-order valence-corrected chi connectivity index (χ0v) is 20.7. The Labute approximate surface area is 210 Å². The van der Waals surface area contributed by atoms with Crippen molar-refractivity contribution in [2.24, 2.45) is 5.92 Å². The van der Waals surface area contributed by atoms with Gasteiger partial charge >= 0.3 is 5.97 Å². The summed E-state index contributed by atoms with van der Waals surface area (Å²) in [5.74, 6) is -1.04. The minimum atomic E-state index is -0.448. The molecule has 2 amide bonds. The first kappa shape index (κ1) is 26.6. The number of esters is 1. The van der Waals surface area contributed by atoms with Crippen molar-refractivity contribution in [2.75, 3.05) is 25.0 Å². The predicted molar refractivity (Wildman–Crippen MR) is 135 cm³/mol. The monoisotopic (exact) mass is 494 g/mol. The highest BCUT2D eigenvalue weighted by molar-refractivity contribution is 5.95. The molecule has 36 heavy (non-hydrogen) atoms. The summed E-state index contributed by atoms with van der Waals surface area (Å²) >= 11 is 0. The lowest BCUT2D eigenvalue weighted by Gasteiger charge is -2.24. The standard InChI is InChI=1S/C27H31FN4O4/c1-4-36-27(35)15-14-26(34)31(17-19(2)3)18-25(33)29-24-16-23(20-8-6-5-7-9-20)30-32(24)22-12-10-21(28)11-13-22/h5-13,16,19H,4,14-15,17-18H2,1-3H3,(H,29,33). The van der Waals surface area contributed by atoms with Crippen molar-refractivity contribution in [1.29, 1.82) is 0 Å². The van der Waals surface area contributed by atoms with Gasteiger partial charge in [-0.2, -0.15) is 5.10 Å². The lowest BCUT2D eigenvalue weighted by atomic mass is 10.1. The maximum Gasteiger partial charge on any atom is 0.306 e. The van der Waals surface area contributed by atoms with E-state index in [1.54, 1.807) is 25.1 Å². The quantitative estimate of drug-likeness (QED) is 0.398. The fraction of sp³-hybridized carbons (Fsp3) is 0.333. The van der Waals surface area contributed by atoms with Gasteiger partial charge in [0.2, 0.25) is 11.8 Å². The van der Waals surface area contributed by atoms with Crippen LogP contribution in [0.2, 0.25) is 0 Å². The minimum Gasteiger partial charge on any atom is -0.466 e. The van der Waals surface area contributed by atoms with Crippen LogP contribution in [0.3, 0.4) is 0 Å². The van der Waals surface area contributed by atoms with Gasteiger partial charge in [-0.1, -0.05) is 44.2 Å². The summed E-state index contributed by atoms with van der Waals surface area (Å²) in [5, 5.41) is 7.45. The van der Waals surface area contributed by atoms with E-state index < -0.39 is 11.9 Å². The van der Waals surface area contributed by atoms with Crippen molar-refractivity contribution < 1.29 is 23.5 Å². The Morgan fingerprint density at radius 2 is 1.75 bits per heavy atom. The van der Waals surface area contributed by atoms with Crippen LogP contribution in [-0.4, -0.2) is 52.2 Å². The lowest BCUT2D eigenvalue weighted by molar-refractivity contribution is -0.146. The first-order valence-electron chi connectivity index (χ1n) is 11.9. The van der Waals surface area contributed by atoms with Gasteiger partial charge in [0.15, 0.2) is 0 Å². The van der Waals surface area contributed by atoms with Crippen LogP contribution in [0, 0.1) is 11.7 Å². The molecule has 0 aliphatic carbocycles. The number of amides is 2. The van der Waals surface area contributed by atoms with E-state index >= 15 is 0 Å². The second-order valence-electron chi connectivity index (χ2n) is 8.69. The molecule has 3 aromatic rings. The third-order valence-electron chi connectivity index (χ3n) is 5.24. The Kier molecular flexibility index (Phi) is 9.32. The van der Waals surface area contributed by atoms with E-state index in [-0.39, 0.29) is 43.6 Å². The van der Waals surface area contributed by atoms with Crippen LogP contribution < -0.4 is 5.32 Å². The molecule has 1 heterocycles. The molecule has 0 spiro atoms. The number of nitrogens with zero attached hydrogens (tertiary/aromatic N) is 3. The molecule has 0 fully saturated rings. The highest BCUT2D eigenvalue weighted by Gasteiger charge is 2.21. The van der Waals surface area contributed by atoms with Gasteiger partial charge in [0.1, 0.15) is 11.6 Å². The van der Waals surface area contributed by atoms with E-state index in [4.69, 9.17) is 4.74 Å². The third kappa shape index (κ3) is 7.49. The molecule has 9 heteroatoms. The number of nitrogens with one attached hydrogen (secondary N) is 1. The van der Waals surface area contributed by atoms with Crippen molar-refractivity contribution in [3.05, 3.63) is 66.5 Å². The zero-order valence-electron chi connectivity index (χ0n) is 20.7. The van der Waals surface area contributed by atoms with Crippen LogP contribution in [0.15, 0.2) is 60.7 Å². The largest absolute Gasteiger partial charge is 0.466 e. The lowest BCUT2D eigenvalue weighted by Crippen LogP contribution is -2.40. The van der Waals surface area contributed by atoms with E-state index in [0.29, 0.717) is 23.7 Å². The summed E-state index contributed by atoms with van der Waals surface area (Å²) < 4.78 is 19.9. The highest BCUT2D eigenvalue weighted by atomic mass is 19.1. The number of hydrogen-bond donors (Lipinski definition) is 1. The maximum atomic E-state index is 13.5. The van der Waals surface area contributed by atoms with Gasteiger partial charge in [-0.05, 0) is 37.1 Å². The molecule has 190 valence electrons. The van der Waals surface area contributed by atoms with E-state index in [9.17, 15) is 18.8 Å². The number of benzene rings is 2. The number of ether oxygens (including phenoxy) is 1. The molecule has 3 rings (SSSR count). The van der Waals surface area contributed by atoms with E-state index in [0.717, 1.165) is 5.56 Å². The van der Waals surface area contributed by atoms with Gasteiger partial charge in [-0.25, -0.2) is 9.07 Å². The zero-order chi connectivity index (χ0) is 26.1. The van der Waals surface area contributed by atoms with Crippen molar-refractivity contribution in [2.45, 2.75) is 33.6 Å². The van der Waals surface area contributed by atoms with Crippen molar-refractivity contribution in [3.8, 4) is 16.9 Å². The fourth-order valence-electron chi connectivity index (χ4n) is 3.65. The van der Waals surface area contributed by atoms with Crippen LogP contribution in [0.1, 0.15) is 33.6 Å². The van der Waals surface area contributed by atoms with Gasteiger partial charge in [-0.15, -0.1) is 0 Å². The molecule has 0 atom stereocenters. The van der Waals surface area contributed by atoms with Crippen LogP contribution >= 0.6 is 0 Å². The second kappa shape index (κ2) is 12.6. The molecule has 0 aliphatic heterocycles. The minimum absolute atomic E-state index is 0.0372. The van der Waals surface area contributed by atoms with Crippen molar-refractivity contribution >= 4 is 23.6 Å². The number of anilines is 1. The molecule has 2 aromatic carbocycles. The average Bonchev–Trinajstić information content (AvgIpc) is 3.26. The summed E-state index contributed by atoms with van der Waals surface area (Å²) in [6.45, 7) is 6.02. The maximum absolute atomic E-state index is 13.5. The SMILES string of the molecule is CCOC(=O)CCC(=O)N(CC(=O)Nc1cc(-c2ccccc2)nn1-c1ccc(F)cc1)CC(C)C. The van der Waals surface area contributed by atoms with Gasteiger partial charge in [0.25, 0.3) is 0 Å². The van der Waals surface area contributed by atoms with Crippen LogP contribution in [-0.2, 0) is 19.1 Å². The molecule has 0 saturated heterocycles. The Morgan fingerprint density at radius 3 is 2.39 bits per heavy atom. The van der Waals surface area contributed by atoms with Gasteiger partial charge in [0.05, 0.1) is 31.0 Å². The topological polar surface area (TPSA) is 93.5 Å². The fourth-order valence-corrected chi connectivity index (χ4v) is 3.65. The number of carbonyl (C=O) groups excluding carboxylic acids is 3. The Bertz CT molecular complexity index is 1180. The summed E-state index contributed by atoms with van der Waals surface area (Å²) in [6.07, 6.45) is -0.0782. The Balaban J connectivity index is 1.80. The van der Waals surface area contributed by atoms with Gasteiger partial charge in [0, 0.05) is 24.6 Å². The van der Waals surface area contributed by atoms with Gasteiger partial charge in [-0.3, -0.25) is 14.4 Å². The summed E-state index contributed by atoms with van der Waals surface area (Å²) in [5.41, 5.74) is 2.04. The number of carbonyl (C=O) groups is 3. The second-order valence-corrected chi connectivity index (χ2v) is 8.69. The smallest absolute Gasteiger partial charge is 0.306 e. The van der Waals surface area contributed by atoms with Crippen LogP contribution in [0.5, 0.6) is 0 Å². The van der Waals surface area contributed by atoms with E-state index in [2.05, 4.69) is 10.4 Å². The molecule has 0 unspecified atom stereocenters. The first-order chi connectivity index (χ1) is 17.3. The normalized spacial score (nSPS) is 10.8. The van der Waals surface area contributed by atoms with E-state index in [1.807, 2.05) is 44.2 Å². The van der Waals surface area contributed by atoms with Crippen molar-refractivity contribution in [1.82, 2.24) is 14.7 Å². The Hall–Kier alpha value is -4.01. The van der Waals surface area contributed by atoms with Crippen LogP contribution in [0.4, 0.5) is 10.2 Å². The van der Waals surface area contributed by atoms with E-state index in [1.165, 1.54) is 21.7 Å². The highest BCUT2D eigenvalue weighted by Crippen LogP contribution is 2.25. The molecule has 8 nitrogen and oxygen atoms in total. The molecule has 0 saturated carbocycles. The molecule has 0 radical (unpaired) electrons. The predicted octanol–water partition coefficient (Wildman–Crippen LogP) is 4.44. The summed E-state index contributed by atoms with van der Waals surface area (Å²) in [7, 11) is 0. The van der Waals surface area contributed by atoms with Crippen molar-refractivity contribution in [3.63, 3.8) is 0 Å². The molecule has 1 N–H and O–H groups in total. The number of rotatable bonds is 11. The first-order valence-corrected chi connectivity index (χ1v) is 11.9. The number of halogens is 1. The number of aromatic nitrogens is 2. The third-order valence-corrected chi connectivity index (χ3v) is 5.24. The summed E-state index contributed by atoms with van der Waals surface area (Å²) in [6, 6.07) is 17.0. The molecule has 1 aromatic heterocycles. The van der Waals surface area contributed by atoms with Crippen LogP contribution in [0.25, 0.3) is 16.9 Å². The average molecular weight is 495 g/mol. The molecule has 0 bridgehead atoms. The molecular formula is C27H31FN4O4.